The minimum absolute atomic E-state index is 0.128. The van der Waals surface area contributed by atoms with Crippen molar-refractivity contribution in [3.8, 4) is 5.75 Å². The molecule has 1 heteroatoms. The lowest BCUT2D eigenvalue weighted by Gasteiger charge is -2.40. The van der Waals surface area contributed by atoms with E-state index in [9.17, 15) is 0 Å². The normalized spacial score (nSPS) is 31.7. The number of hydrogen-bond acceptors (Lipinski definition) is 1. The summed E-state index contributed by atoms with van der Waals surface area (Å²) in [5.41, 5.74) is 1.44. The van der Waals surface area contributed by atoms with Crippen molar-refractivity contribution >= 4 is 0 Å². The lowest BCUT2D eigenvalue weighted by Crippen LogP contribution is -2.40. The molecule has 1 heterocycles. The molecule has 76 valence electrons. The quantitative estimate of drug-likeness (QED) is 0.622. The molecule has 2 unspecified atom stereocenters. The number of fused-ring (bicyclic) bond motifs is 2. The number of hydrogen-bond donors (Lipinski definition) is 0. The van der Waals surface area contributed by atoms with E-state index in [0.717, 1.165) is 12.2 Å². The van der Waals surface area contributed by atoms with E-state index in [-0.39, 0.29) is 11.5 Å². The van der Waals surface area contributed by atoms with E-state index in [0.29, 0.717) is 0 Å². The Morgan fingerprint density at radius 3 is 3.07 bits per heavy atom. The maximum absolute atomic E-state index is 6.00. The molecule has 0 aromatic heterocycles. The first-order chi connectivity index (χ1) is 7.28. The average molecular weight is 198 g/mol. The second-order valence-electron chi connectivity index (χ2n) is 4.57. The summed E-state index contributed by atoms with van der Waals surface area (Å²) in [7, 11) is 0. The monoisotopic (exact) mass is 198 g/mol. The van der Waals surface area contributed by atoms with Crippen molar-refractivity contribution in [3.63, 3.8) is 0 Å². The molecule has 0 saturated carbocycles. The largest absolute Gasteiger partial charge is 0.485 e. The zero-order valence-corrected chi connectivity index (χ0v) is 8.81. The van der Waals surface area contributed by atoms with Crippen molar-refractivity contribution in [2.24, 2.45) is 5.41 Å². The van der Waals surface area contributed by atoms with Gasteiger partial charge in [0.1, 0.15) is 11.9 Å². The summed E-state index contributed by atoms with van der Waals surface area (Å²) < 4.78 is 6.00. The van der Waals surface area contributed by atoms with Crippen molar-refractivity contribution in [3.05, 3.63) is 54.1 Å². The Hall–Kier alpha value is -1.50. The summed E-state index contributed by atoms with van der Waals surface area (Å²) in [5, 5.41) is 0. The van der Waals surface area contributed by atoms with Gasteiger partial charge in [0.25, 0.3) is 0 Å². The molecule has 0 saturated heterocycles. The molecule has 1 aromatic rings. The first-order valence-corrected chi connectivity index (χ1v) is 5.38. The Bertz CT molecular complexity index is 444. The average Bonchev–Trinajstić information content (AvgIpc) is 2.25. The molecule has 0 fully saturated rings. The van der Waals surface area contributed by atoms with Crippen molar-refractivity contribution in [2.45, 2.75) is 19.4 Å². The van der Waals surface area contributed by atoms with Crippen molar-refractivity contribution < 1.29 is 4.74 Å². The number of rotatable bonds is 0. The molecule has 2 aliphatic rings. The first-order valence-electron chi connectivity index (χ1n) is 5.38. The van der Waals surface area contributed by atoms with Gasteiger partial charge in [-0.1, -0.05) is 43.4 Å². The fraction of sp³-hybridized carbons (Fsp3) is 0.286. The second kappa shape index (κ2) is 2.99. The molecule has 1 aromatic carbocycles. The van der Waals surface area contributed by atoms with Crippen LogP contribution < -0.4 is 4.74 Å². The fourth-order valence-corrected chi connectivity index (χ4v) is 2.40. The third-order valence-electron chi connectivity index (χ3n) is 3.32. The summed E-state index contributed by atoms with van der Waals surface area (Å²) in [6.07, 6.45) is 9.85. The van der Waals surface area contributed by atoms with E-state index in [1.807, 2.05) is 6.07 Å². The van der Waals surface area contributed by atoms with E-state index in [1.54, 1.807) is 0 Å². The van der Waals surface area contributed by atoms with Gasteiger partial charge in [0.2, 0.25) is 0 Å². The van der Waals surface area contributed by atoms with Crippen LogP contribution in [0.4, 0.5) is 0 Å². The van der Waals surface area contributed by atoms with Gasteiger partial charge in [-0.3, -0.25) is 0 Å². The minimum Gasteiger partial charge on any atom is -0.485 e. The minimum atomic E-state index is 0.128. The van der Waals surface area contributed by atoms with E-state index < -0.39 is 0 Å². The van der Waals surface area contributed by atoms with Gasteiger partial charge in [-0.2, -0.15) is 0 Å². The predicted octanol–water partition coefficient (Wildman–Crippen LogP) is 3.12. The molecule has 0 radical (unpaired) electrons. The SMILES string of the molecule is CC12C=CC=CC1Oc1ccccc1C2. The second-order valence-corrected chi connectivity index (χ2v) is 4.57. The Morgan fingerprint density at radius 2 is 2.13 bits per heavy atom. The van der Waals surface area contributed by atoms with Crippen LogP contribution >= 0.6 is 0 Å². The van der Waals surface area contributed by atoms with Crippen LogP contribution in [0.15, 0.2) is 48.6 Å². The van der Waals surface area contributed by atoms with Gasteiger partial charge >= 0.3 is 0 Å². The molecular formula is C14H14O. The maximum atomic E-state index is 6.00. The van der Waals surface area contributed by atoms with Gasteiger partial charge < -0.3 is 4.74 Å². The molecule has 2 atom stereocenters. The van der Waals surface area contributed by atoms with Crippen LogP contribution in [-0.2, 0) is 6.42 Å². The van der Waals surface area contributed by atoms with Gasteiger partial charge in [0.15, 0.2) is 0 Å². The Morgan fingerprint density at radius 1 is 1.27 bits per heavy atom. The highest BCUT2D eigenvalue weighted by Crippen LogP contribution is 2.41. The molecule has 15 heavy (non-hydrogen) atoms. The summed E-state index contributed by atoms with van der Waals surface area (Å²) in [5.74, 6) is 1.04. The Kier molecular flexibility index (Phi) is 1.75. The number of para-hydroxylation sites is 1. The number of allylic oxidation sites excluding steroid dienone is 2. The molecule has 1 aliphatic carbocycles. The number of ether oxygens (including phenoxy) is 1. The lowest BCUT2D eigenvalue weighted by atomic mass is 9.74. The molecule has 1 aliphatic heterocycles. The third-order valence-corrected chi connectivity index (χ3v) is 3.32. The van der Waals surface area contributed by atoms with Gasteiger partial charge in [0, 0.05) is 5.41 Å². The van der Waals surface area contributed by atoms with Crippen molar-refractivity contribution in [1.82, 2.24) is 0 Å². The summed E-state index contributed by atoms with van der Waals surface area (Å²) in [4.78, 5) is 0. The lowest BCUT2D eigenvalue weighted by molar-refractivity contribution is 0.112. The van der Waals surface area contributed by atoms with Crippen LogP contribution in [0.25, 0.3) is 0 Å². The van der Waals surface area contributed by atoms with E-state index in [2.05, 4.69) is 49.4 Å². The van der Waals surface area contributed by atoms with Crippen LogP contribution in [0, 0.1) is 5.41 Å². The smallest absolute Gasteiger partial charge is 0.126 e. The highest BCUT2D eigenvalue weighted by Gasteiger charge is 2.37. The van der Waals surface area contributed by atoms with E-state index in [4.69, 9.17) is 4.74 Å². The van der Waals surface area contributed by atoms with Gasteiger partial charge in [-0.15, -0.1) is 0 Å². The molecule has 1 nitrogen and oxygen atoms in total. The molecule has 3 rings (SSSR count). The molecular weight excluding hydrogens is 184 g/mol. The summed E-state index contributed by atoms with van der Waals surface area (Å²) in [6, 6.07) is 8.32. The topological polar surface area (TPSA) is 9.23 Å². The van der Waals surface area contributed by atoms with Crippen LogP contribution in [0.3, 0.4) is 0 Å². The van der Waals surface area contributed by atoms with Crippen molar-refractivity contribution in [1.29, 1.82) is 0 Å². The first kappa shape index (κ1) is 8.78. The highest BCUT2D eigenvalue weighted by atomic mass is 16.5. The van der Waals surface area contributed by atoms with Crippen LogP contribution in [0.1, 0.15) is 12.5 Å². The van der Waals surface area contributed by atoms with Crippen LogP contribution in [-0.4, -0.2) is 6.10 Å². The maximum Gasteiger partial charge on any atom is 0.126 e. The molecule has 0 spiro atoms. The third kappa shape index (κ3) is 1.30. The number of benzene rings is 1. The summed E-state index contributed by atoms with van der Waals surface area (Å²) in [6.45, 7) is 2.26. The van der Waals surface area contributed by atoms with Gasteiger partial charge in [-0.25, -0.2) is 0 Å². The standard InChI is InChI=1S/C14H14O/c1-14-9-5-4-8-13(14)15-12-7-3-2-6-11(12)10-14/h2-9,13H,10H2,1H3. The predicted molar refractivity (Wildman–Crippen MR) is 60.9 cm³/mol. The fourth-order valence-electron chi connectivity index (χ4n) is 2.40. The van der Waals surface area contributed by atoms with Crippen LogP contribution in [0.2, 0.25) is 0 Å². The van der Waals surface area contributed by atoms with Gasteiger partial charge in [-0.05, 0) is 24.1 Å². The van der Waals surface area contributed by atoms with Crippen LogP contribution in [0.5, 0.6) is 5.75 Å². The Labute approximate surface area is 90.1 Å². The molecule has 0 amide bonds. The van der Waals surface area contributed by atoms with Crippen molar-refractivity contribution in [2.75, 3.05) is 0 Å². The molecule has 0 N–H and O–H groups in total. The van der Waals surface area contributed by atoms with E-state index in [1.165, 1.54) is 5.56 Å². The molecule has 0 bridgehead atoms. The zero-order chi connectivity index (χ0) is 10.3. The highest BCUT2D eigenvalue weighted by molar-refractivity contribution is 5.40. The Balaban J connectivity index is 2.06. The van der Waals surface area contributed by atoms with E-state index >= 15 is 0 Å². The summed E-state index contributed by atoms with van der Waals surface area (Å²) >= 11 is 0. The van der Waals surface area contributed by atoms with Gasteiger partial charge in [0.05, 0.1) is 0 Å². The zero-order valence-electron chi connectivity index (χ0n) is 8.81.